The molecule has 3 heteroatoms. The summed E-state index contributed by atoms with van der Waals surface area (Å²) in [5, 5.41) is 0. The maximum atomic E-state index is 9.89. The first-order valence-corrected chi connectivity index (χ1v) is 1.61. The summed E-state index contributed by atoms with van der Waals surface area (Å²) in [6, 6.07) is 0. The average Bonchev–Trinajstić information content (AvgIpc) is 1.65. The van der Waals surface area contributed by atoms with Crippen molar-refractivity contribution in [2.24, 2.45) is 5.84 Å². The second-order valence-corrected chi connectivity index (χ2v) is 0.797. The fraction of sp³-hybridized carbons (Fsp3) is 0.333. The van der Waals surface area contributed by atoms with E-state index in [-0.39, 0.29) is 5.91 Å². The number of carbonyl (C=O) groups excluding carboxylic acids is 1. The predicted molar refractivity (Wildman–Crippen MR) is 22.3 cm³/mol. The Balaban J connectivity index is 2.99. The zero-order valence-corrected chi connectivity index (χ0v) is 3.56. The third-order valence-corrected chi connectivity index (χ3v) is 0.404. The standard InChI is InChI=1S/C3H7N2O/c1-2-3(6)5-4/h2H,4H2,1H3,(H,5,6). The number of rotatable bonds is 1. The summed E-state index contributed by atoms with van der Waals surface area (Å²) in [5.74, 6) is 4.40. The number of nitrogens with two attached hydrogens (primary N) is 1. The second kappa shape index (κ2) is 2.66. The molecule has 6 heavy (non-hydrogen) atoms. The first-order chi connectivity index (χ1) is 2.81. The van der Waals surface area contributed by atoms with Gasteiger partial charge in [0.15, 0.2) is 0 Å². The van der Waals surface area contributed by atoms with Gasteiger partial charge < -0.3 is 0 Å². The third kappa shape index (κ3) is 1.72. The zero-order chi connectivity index (χ0) is 4.99. The van der Waals surface area contributed by atoms with E-state index in [1.165, 1.54) is 6.42 Å². The van der Waals surface area contributed by atoms with Crippen molar-refractivity contribution in [3.8, 4) is 0 Å². The van der Waals surface area contributed by atoms with Gasteiger partial charge in [-0.25, -0.2) is 5.84 Å². The van der Waals surface area contributed by atoms with Crippen LogP contribution in [0.4, 0.5) is 0 Å². The van der Waals surface area contributed by atoms with Gasteiger partial charge in [0, 0.05) is 6.42 Å². The van der Waals surface area contributed by atoms with Crippen LogP contribution in [-0.2, 0) is 4.79 Å². The SMILES string of the molecule is C[CH]C(=O)NN. The van der Waals surface area contributed by atoms with Crippen molar-refractivity contribution in [2.75, 3.05) is 0 Å². The summed E-state index contributed by atoms with van der Waals surface area (Å²) >= 11 is 0. The van der Waals surface area contributed by atoms with Gasteiger partial charge >= 0.3 is 0 Å². The van der Waals surface area contributed by atoms with Crippen molar-refractivity contribution >= 4 is 5.91 Å². The smallest absolute Gasteiger partial charge is 0.237 e. The van der Waals surface area contributed by atoms with E-state index in [2.05, 4.69) is 5.84 Å². The summed E-state index contributed by atoms with van der Waals surface area (Å²) in [4.78, 5) is 9.89. The summed E-state index contributed by atoms with van der Waals surface area (Å²) in [6.07, 6.45) is 1.35. The maximum Gasteiger partial charge on any atom is 0.237 e. The van der Waals surface area contributed by atoms with Gasteiger partial charge in [-0.3, -0.25) is 10.2 Å². The molecule has 0 aromatic heterocycles. The van der Waals surface area contributed by atoms with Crippen molar-refractivity contribution in [2.45, 2.75) is 6.92 Å². The van der Waals surface area contributed by atoms with Crippen LogP contribution >= 0.6 is 0 Å². The van der Waals surface area contributed by atoms with Gasteiger partial charge in [0.2, 0.25) is 5.91 Å². The zero-order valence-electron chi connectivity index (χ0n) is 3.56. The lowest BCUT2D eigenvalue weighted by Gasteiger charge is -1.86. The van der Waals surface area contributed by atoms with E-state index in [9.17, 15) is 4.79 Å². The molecule has 3 N–H and O–H groups in total. The molecule has 0 saturated heterocycles. The van der Waals surface area contributed by atoms with E-state index >= 15 is 0 Å². The molecule has 0 bridgehead atoms. The number of hydrogen-bond donors (Lipinski definition) is 2. The predicted octanol–water partition coefficient (Wildman–Crippen LogP) is -0.800. The molecule has 1 radical (unpaired) electrons. The number of hydrogen-bond acceptors (Lipinski definition) is 2. The molecular formula is C3H7N2O. The Morgan fingerprint density at radius 1 is 2.00 bits per heavy atom. The molecule has 0 atom stereocenters. The molecular weight excluding hydrogens is 80.0 g/mol. The van der Waals surface area contributed by atoms with Gasteiger partial charge in [-0.15, -0.1) is 0 Å². The van der Waals surface area contributed by atoms with Gasteiger partial charge in [-0.1, -0.05) is 6.92 Å². The molecule has 1 amide bonds. The Morgan fingerprint density at radius 2 is 2.50 bits per heavy atom. The number of nitrogens with one attached hydrogen (secondary N) is 1. The highest BCUT2D eigenvalue weighted by molar-refractivity contribution is 5.83. The highest BCUT2D eigenvalue weighted by atomic mass is 16.2. The monoisotopic (exact) mass is 87.1 g/mol. The minimum Gasteiger partial charge on any atom is -0.294 e. The van der Waals surface area contributed by atoms with Crippen LogP contribution < -0.4 is 11.3 Å². The van der Waals surface area contributed by atoms with Crippen molar-refractivity contribution in [3.63, 3.8) is 0 Å². The molecule has 0 aromatic carbocycles. The van der Waals surface area contributed by atoms with Gasteiger partial charge in [0.25, 0.3) is 0 Å². The molecule has 35 valence electrons. The minimum absolute atomic E-state index is 0.255. The van der Waals surface area contributed by atoms with E-state index in [0.717, 1.165) is 0 Å². The fourth-order valence-corrected chi connectivity index (χ4v) is 0.0833. The van der Waals surface area contributed by atoms with Crippen LogP contribution in [0.5, 0.6) is 0 Å². The molecule has 0 saturated carbocycles. The van der Waals surface area contributed by atoms with E-state index < -0.39 is 0 Å². The molecule has 0 aliphatic carbocycles. The molecule has 0 fully saturated rings. The van der Waals surface area contributed by atoms with Crippen LogP contribution in [0.25, 0.3) is 0 Å². The van der Waals surface area contributed by atoms with Crippen molar-refractivity contribution < 1.29 is 4.79 Å². The average molecular weight is 87.1 g/mol. The molecule has 0 heterocycles. The van der Waals surface area contributed by atoms with Crippen LogP contribution in [0.2, 0.25) is 0 Å². The first kappa shape index (κ1) is 5.43. The lowest BCUT2D eigenvalue weighted by atomic mass is 10.5. The Kier molecular flexibility index (Phi) is 2.40. The van der Waals surface area contributed by atoms with Crippen molar-refractivity contribution in [1.29, 1.82) is 0 Å². The fourth-order valence-electron chi connectivity index (χ4n) is 0.0833. The van der Waals surface area contributed by atoms with Crippen molar-refractivity contribution in [3.05, 3.63) is 6.42 Å². The third-order valence-electron chi connectivity index (χ3n) is 0.404. The molecule has 0 unspecified atom stereocenters. The van der Waals surface area contributed by atoms with Gasteiger partial charge in [-0.05, 0) is 0 Å². The highest BCUT2D eigenvalue weighted by Crippen LogP contribution is 1.64. The van der Waals surface area contributed by atoms with Crippen LogP contribution in [0.3, 0.4) is 0 Å². The normalized spacial score (nSPS) is 7.67. The number of hydrazine groups is 1. The van der Waals surface area contributed by atoms with E-state index in [1.54, 1.807) is 6.92 Å². The molecule has 0 spiro atoms. The van der Waals surface area contributed by atoms with Crippen LogP contribution in [-0.4, -0.2) is 5.91 Å². The Labute approximate surface area is 36.5 Å². The van der Waals surface area contributed by atoms with E-state index in [4.69, 9.17) is 0 Å². The first-order valence-electron chi connectivity index (χ1n) is 1.61. The number of carbonyl (C=O) groups is 1. The lowest BCUT2D eigenvalue weighted by molar-refractivity contribution is -0.117. The van der Waals surface area contributed by atoms with Gasteiger partial charge in [0.05, 0.1) is 0 Å². The van der Waals surface area contributed by atoms with Crippen LogP contribution in [0.15, 0.2) is 0 Å². The van der Waals surface area contributed by atoms with E-state index in [1.807, 2.05) is 5.43 Å². The number of amides is 1. The maximum absolute atomic E-state index is 9.89. The van der Waals surface area contributed by atoms with Crippen LogP contribution in [0.1, 0.15) is 6.92 Å². The summed E-state index contributed by atoms with van der Waals surface area (Å²) in [7, 11) is 0. The topological polar surface area (TPSA) is 55.1 Å². The largest absolute Gasteiger partial charge is 0.294 e. The summed E-state index contributed by atoms with van der Waals surface area (Å²) in [6.45, 7) is 1.61. The highest BCUT2D eigenvalue weighted by Gasteiger charge is 1.85. The second-order valence-electron chi connectivity index (χ2n) is 0.797. The molecule has 0 aromatic rings. The quantitative estimate of drug-likeness (QED) is 0.250. The Morgan fingerprint density at radius 3 is 2.50 bits per heavy atom. The van der Waals surface area contributed by atoms with Crippen LogP contribution in [0, 0.1) is 6.42 Å². The molecule has 3 nitrogen and oxygen atoms in total. The summed E-state index contributed by atoms with van der Waals surface area (Å²) in [5.41, 5.74) is 1.92. The Hall–Kier alpha value is -0.570. The lowest BCUT2D eigenvalue weighted by Crippen LogP contribution is -2.29. The van der Waals surface area contributed by atoms with Gasteiger partial charge in [0.1, 0.15) is 0 Å². The Bertz CT molecular complexity index is 46.8. The molecule has 0 aliphatic heterocycles. The molecule has 0 rings (SSSR count). The van der Waals surface area contributed by atoms with E-state index in [0.29, 0.717) is 0 Å². The van der Waals surface area contributed by atoms with Crippen molar-refractivity contribution in [1.82, 2.24) is 5.43 Å². The summed E-state index contributed by atoms with van der Waals surface area (Å²) < 4.78 is 0. The minimum atomic E-state index is -0.255. The van der Waals surface area contributed by atoms with Gasteiger partial charge in [-0.2, -0.15) is 0 Å². The molecule has 0 aliphatic rings.